The van der Waals surface area contributed by atoms with Gasteiger partial charge in [0.15, 0.2) is 0 Å². The van der Waals surface area contributed by atoms with Crippen LogP contribution in [0.15, 0.2) is 12.7 Å². The molecular weight excluding hydrogens is 160 g/mol. The van der Waals surface area contributed by atoms with E-state index in [0.717, 1.165) is 38.6 Å². The highest BCUT2D eigenvalue weighted by molar-refractivity contribution is 4.89. The van der Waals surface area contributed by atoms with Crippen molar-refractivity contribution in [3.8, 4) is 6.07 Å². The molecule has 13 heavy (non-hydrogen) atoms. The first-order valence-electron chi connectivity index (χ1n) is 5.10. The van der Waals surface area contributed by atoms with Gasteiger partial charge in [0.25, 0.3) is 0 Å². The van der Waals surface area contributed by atoms with Gasteiger partial charge in [-0.25, -0.2) is 0 Å². The molecule has 0 spiro atoms. The molecular formula is C11H18N2. The summed E-state index contributed by atoms with van der Waals surface area (Å²) >= 11 is 0. The SMILES string of the molecule is C=CCCN[C@H]1CC[C@H](C#N)CC1. The van der Waals surface area contributed by atoms with Crippen LogP contribution in [0.4, 0.5) is 0 Å². The molecule has 0 aromatic rings. The Morgan fingerprint density at radius 1 is 1.38 bits per heavy atom. The van der Waals surface area contributed by atoms with Crippen LogP contribution in [-0.2, 0) is 0 Å². The monoisotopic (exact) mass is 178 g/mol. The lowest BCUT2D eigenvalue weighted by Gasteiger charge is -2.25. The zero-order valence-corrected chi connectivity index (χ0v) is 8.13. The molecule has 0 unspecified atom stereocenters. The van der Waals surface area contributed by atoms with E-state index in [4.69, 9.17) is 5.26 Å². The van der Waals surface area contributed by atoms with Crippen molar-refractivity contribution in [2.75, 3.05) is 6.54 Å². The fourth-order valence-corrected chi connectivity index (χ4v) is 1.82. The molecule has 0 aliphatic heterocycles. The van der Waals surface area contributed by atoms with Crippen LogP contribution in [0, 0.1) is 17.2 Å². The van der Waals surface area contributed by atoms with Gasteiger partial charge in [0, 0.05) is 12.0 Å². The van der Waals surface area contributed by atoms with Crippen molar-refractivity contribution in [3.63, 3.8) is 0 Å². The van der Waals surface area contributed by atoms with E-state index >= 15 is 0 Å². The molecule has 0 aromatic carbocycles. The third kappa shape index (κ3) is 3.61. The molecule has 0 aromatic heterocycles. The van der Waals surface area contributed by atoms with Crippen molar-refractivity contribution in [2.24, 2.45) is 5.92 Å². The van der Waals surface area contributed by atoms with Crippen LogP contribution in [0.3, 0.4) is 0 Å². The number of hydrogen-bond acceptors (Lipinski definition) is 2. The van der Waals surface area contributed by atoms with Crippen LogP contribution >= 0.6 is 0 Å². The minimum absolute atomic E-state index is 0.317. The van der Waals surface area contributed by atoms with Crippen LogP contribution < -0.4 is 5.32 Å². The summed E-state index contributed by atoms with van der Waals surface area (Å²) in [6.45, 7) is 4.72. The molecule has 1 saturated carbocycles. The zero-order chi connectivity index (χ0) is 9.52. The summed E-state index contributed by atoms with van der Waals surface area (Å²) in [5.41, 5.74) is 0. The van der Waals surface area contributed by atoms with Crippen LogP contribution in [0.25, 0.3) is 0 Å². The van der Waals surface area contributed by atoms with Crippen molar-refractivity contribution in [1.29, 1.82) is 5.26 Å². The minimum Gasteiger partial charge on any atom is -0.314 e. The molecule has 1 fully saturated rings. The fourth-order valence-electron chi connectivity index (χ4n) is 1.82. The van der Waals surface area contributed by atoms with Gasteiger partial charge in [0.1, 0.15) is 0 Å². The van der Waals surface area contributed by atoms with Gasteiger partial charge in [-0.15, -0.1) is 6.58 Å². The zero-order valence-electron chi connectivity index (χ0n) is 8.13. The lowest BCUT2D eigenvalue weighted by atomic mass is 9.87. The van der Waals surface area contributed by atoms with Gasteiger partial charge < -0.3 is 5.32 Å². The van der Waals surface area contributed by atoms with E-state index in [1.54, 1.807) is 0 Å². The lowest BCUT2D eigenvalue weighted by molar-refractivity contribution is 0.334. The molecule has 0 heterocycles. The Bertz CT molecular complexity index is 185. The van der Waals surface area contributed by atoms with Crippen LogP contribution in [0.1, 0.15) is 32.1 Å². The summed E-state index contributed by atoms with van der Waals surface area (Å²) in [5, 5.41) is 12.2. The highest BCUT2D eigenvalue weighted by Crippen LogP contribution is 2.23. The van der Waals surface area contributed by atoms with Crippen LogP contribution in [0.2, 0.25) is 0 Å². The van der Waals surface area contributed by atoms with E-state index < -0.39 is 0 Å². The van der Waals surface area contributed by atoms with E-state index in [-0.39, 0.29) is 0 Å². The first-order valence-corrected chi connectivity index (χ1v) is 5.10. The molecule has 0 amide bonds. The maximum Gasteiger partial charge on any atom is 0.0655 e. The average molecular weight is 178 g/mol. The summed E-state index contributed by atoms with van der Waals surface area (Å²) < 4.78 is 0. The Morgan fingerprint density at radius 3 is 2.62 bits per heavy atom. The summed E-state index contributed by atoms with van der Waals surface area (Å²) in [4.78, 5) is 0. The maximum absolute atomic E-state index is 8.71. The van der Waals surface area contributed by atoms with Gasteiger partial charge in [-0.05, 0) is 38.6 Å². The first kappa shape index (κ1) is 10.3. The second kappa shape index (κ2) is 5.77. The summed E-state index contributed by atoms with van der Waals surface area (Å²) in [6, 6.07) is 2.99. The lowest BCUT2D eigenvalue weighted by Crippen LogP contribution is -2.33. The van der Waals surface area contributed by atoms with E-state index in [2.05, 4.69) is 18.0 Å². The average Bonchev–Trinajstić information content (AvgIpc) is 2.19. The second-order valence-corrected chi connectivity index (χ2v) is 3.71. The van der Waals surface area contributed by atoms with E-state index in [0.29, 0.717) is 12.0 Å². The predicted molar refractivity (Wildman–Crippen MR) is 54.2 cm³/mol. The molecule has 72 valence electrons. The Hall–Kier alpha value is -0.810. The highest BCUT2D eigenvalue weighted by atomic mass is 14.9. The number of nitriles is 1. The van der Waals surface area contributed by atoms with Crippen molar-refractivity contribution in [1.82, 2.24) is 5.32 Å². The van der Waals surface area contributed by atoms with E-state index in [1.807, 2.05) is 6.08 Å². The first-order chi connectivity index (χ1) is 6.36. The van der Waals surface area contributed by atoms with Gasteiger partial charge in [-0.1, -0.05) is 6.08 Å². The third-order valence-electron chi connectivity index (χ3n) is 2.69. The molecule has 2 heteroatoms. The van der Waals surface area contributed by atoms with Gasteiger partial charge in [-0.2, -0.15) is 5.26 Å². The largest absolute Gasteiger partial charge is 0.314 e. The molecule has 1 aliphatic rings. The highest BCUT2D eigenvalue weighted by Gasteiger charge is 2.19. The Labute approximate surface area is 80.6 Å². The van der Waals surface area contributed by atoms with E-state index in [1.165, 1.54) is 0 Å². The van der Waals surface area contributed by atoms with Gasteiger partial charge in [0.05, 0.1) is 6.07 Å². The van der Waals surface area contributed by atoms with Crippen molar-refractivity contribution < 1.29 is 0 Å². The van der Waals surface area contributed by atoms with E-state index in [9.17, 15) is 0 Å². The molecule has 0 bridgehead atoms. The van der Waals surface area contributed by atoms with Gasteiger partial charge >= 0.3 is 0 Å². The predicted octanol–water partition coefficient (Wildman–Crippen LogP) is 2.23. The smallest absolute Gasteiger partial charge is 0.0655 e. The normalized spacial score (nSPS) is 27.9. The summed E-state index contributed by atoms with van der Waals surface area (Å²) in [5.74, 6) is 0.317. The molecule has 0 atom stereocenters. The topological polar surface area (TPSA) is 35.8 Å². The van der Waals surface area contributed by atoms with Crippen molar-refractivity contribution in [2.45, 2.75) is 38.1 Å². The fraction of sp³-hybridized carbons (Fsp3) is 0.727. The quantitative estimate of drug-likeness (QED) is 0.529. The van der Waals surface area contributed by atoms with Crippen LogP contribution in [-0.4, -0.2) is 12.6 Å². The minimum atomic E-state index is 0.317. The van der Waals surface area contributed by atoms with Crippen molar-refractivity contribution in [3.05, 3.63) is 12.7 Å². The molecule has 0 saturated heterocycles. The summed E-state index contributed by atoms with van der Waals surface area (Å²) in [7, 11) is 0. The molecule has 1 N–H and O–H groups in total. The number of rotatable bonds is 4. The van der Waals surface area contributed by atoms with Crippen molar-refractivity contribution >= 4 is 0 Å². The Kier molecular flexibility index (Phi) is 4.56. The molecule has 0 radical (unpaired) electrons. The molecule has 1 rings (SSSR count). The number of nitrogens with one attached hydrogen (secondary N) is 1. The summed E-state index contributed by atoms with van der Waals surface area (Å²) in [6.07, 6.45) is 7.45. The number of nitrogens with zero attached hydrogens (tertiary/aromatic N) is 1. The second-order valence-electron chi connectivity index (χ2n) is 3.71. The Morgan fingerprint density at radius 2 is 2.08 bits per heavy atom. The van der Waals surface area contributed by atoms with Gasteiger partial charge in [0.2, 0.25) is 0 Å². The van der Waals surface area contributed by atoms with Gasteiger partial charge in [-0.3, -0.25) is 0 Å². The van der Waals surface area contributed by atoms with Crippen LogP contribution in [0.5, 0.6) is 0 Å². The maximum atomic E-state index is 8.71. The number of hydrogen-bond donors (Lipinski definition) is 1. The third-order valence-corrected chi connectivity index (χ3v) is 2.69. The Balaban J connectivity index is 2.11. The standard InChI is InChI=1S/C11H18N2/c1-2-3-8-13-11-6-4-10(9-12)5-7-11/h2,10-11,13H,1,3-8H2/t10-,11-. The molecule has 1 aliphatic carbocycles. The molecule has 2 nitrogen and oxygen atoms in total.